The number of aryl methyl sites for hydroxylation is 1. The molecular weight excluding hydrogens is 430 g/mol. The van der Waals surface area contributed by atoms with Crippen LogP contribution in [0.5, 0.6) is 0 Å². The van der Waals surface area contributed by atoms with E-state index in [0.717, 1.165) is 16.0 Å². The molecule has 27 heavy (non-hydrogen) atoms. The third-order valence-electron chi connectivity index (χ3n) is 4.00. The van der Waals surface area contributed by atoms with Gasteiger partial charge in [-0.05, 0) is 54.9 Å². The summed E-state index contributed by atoms with van der Waals surface area (Å²) in [5.41, 5.74) is 1.86. The SMILES string of the molecule is Cc1nnsc1C(=O)Nc1c(C(=O)c2ccc(Br)cc2)oc2ccccc12. The molecule has 0 spiro atoms. The molecule has 2 aromatic heterocycles. The number of halogens is 1. The van der Waals surface area contributed by atoms with E-state index in [4.69, 9.17) is 4.42 Å². The summed E-state index contributed by atoms with van der Waals surface area (Å²) < 4.78 is 10.4. The molecule has 1 N–H and O–H groups in total. The fraction of sp³-hybridized carbons (Fsp3) is 0.0526. The van der Waals surface area contributed by atoms with E-state index in [0.29, 0.717) is 32.8 Å². The van der Waals surface area contributed by atoms with E-state index in [2.05, 4.69) is 30.8 Å². The molecule has 1 amide bonds. The Morgan fingerprint density at radius 2 is 1.85 bits per heavy atom. The van der Waals surface area contributed by atoms with Gasteiger partial charge in [0.15, 0.2) is 5.76 Å². The summed E-state index contributed by atoms with van der Waals surface area (Å²) in [6.07, 6.45) is 0. The number of rotatable bonds is 4. The number of benzene rings is 2. The molecule has 4 aromatic rings. The fourth-order valence-corrected chi connectivity index (χ4v) is 3.49. The zero-order chi connectivity index (χ0) is 19.0. The van der Waals surface area contributed by atoms with Crippen molar-refractivity contribution in [2.24, 2.45) is 0 Å². The lowest BCUT2D eigenvalue weighted by Gasteiger charge is -2.05. The molecule has 2 heterocycles. The minimum atomic E-state index is -0.376. The summed E-state index contributed by atoms with van der Waals surface area (Å²) in [5.74, 6) is -0.603. The van der Waals surface area contributed by atoms with E-state index in [1.54, 1.807) is 43.3 Å². The number of ketones is 1. The topological polar surface area (TPSA) is 85.1 Å². The Morgan fingerprint density at radius 3 is 2.56 bits per heavy atom. The number of carbonyl (C=O) groups is 2. The molecule has 0 saturated carbocycles. The van der Waals surface area contributed by atoms with Crippen molar-refractivity contribution in [3.8, 4) is 0 Å². The van der Waals surface area contributed by atoms with Crippen LogP contribution in [-0.4, -0.2) is 21.3 Å². The van der Waals surface area contributed by atoms with Crippen molar-refractivity contribution in [2.45, 2.75) is 6.92 Å². The first-order chi connectivity index (χ1) is 13.0. The predicted octanol–water partition coefficient (Wildman–Crippen LogP) is 4.84. The molecule has 0 atom stereocenters. The molecule has 0 aliphatic carbocycles. The van der Waals surface area contributed by atoms with Crippen LogP contribution in [0.1, 0.15) is 31.5 Å². The first-order valence-corrected chi connectivity index (χ1v) is 9.53. The van der Waals surface area contributed by atoms with Crippen molar-refractivity contribution in [1.82, 2.24) is 9.59 Å². The molecule has 0 saturated heterocycles. The first-order valence-electron chi connectivity index (χ1n) is 7.96. The number of nitrogens with one attached hydrogen (secondary N) is 1. The second kappa shape index (κ2) is 7.05. The Bertz CT molecular complexity index is 1160. The zero-order valence-electron chi connectivity index (χ0n) is 14.0. The van der Waals surface area contributed by atoms with Crippen LogP contribution in [0, 0.1) is 6.92 Å². The third kappa shape index (κ3) is 3.29. The van der Waals surface area contributed by atoms with Gasteiger partial charge in [-0.1, -0.05) is 32.6 Å². The van der Waals surface area contributed by atoms with Gasteiger partial charge >= 0.3 is 0 Å². The maximum atomic E-state index is 13.0. The van der Waals surface area contributed by atoms with Crippen LogP contribution in [0.25, 0.3) is 11.0 Å². The Kier molecular flexibility index (Phi) is 4.59. The van der Waals surface area contributed by atoms with E-state index in [1.165, 1.54) is 0 Å². The van der Waals surface area contributed by atoms with Gasteiger partial charge in [-0.2, -0.15) is 0 Å². The summed E-state index contributed by atoms with van der Waals surface area (Å²) >= 11 is 4.36. The van der Waals surface area contributed by atoms with Crippen LogP contribution >= 0.6 is 27.5 Å². The molecular formula is C19H12BrN3O3S. The summed E-state index contributed by atoms with van der Waals surface area (Å²) in [6.45, 7) is 1.71. The number of para-hydroxylation sites is 1. The Labute approximate surface area is 166 Å². The van der Waals surface area contributed by atoms with Crippen LogP contribution < -0.4 is 5.32 Å². The van der Waals surface area contributed by atoms with Crippen LogP contribution in [0.3, 0.4) is 0 Å². The predicted molar refractivity (Wildman–Crippen MR) is 106 cm³/mol. The highest BCUT2D eigenvalue weighted by Crippen LogP contribution is 2.33. The van der Waals surface area contributed by atoms with Gasteiger partial charge in [0.1, 0.15) is 10.5 Å². The molecule has 0 bridgehead atoms. The van der Waals surface area contributed by atoms with E-state index in [-0.39, 0.29) is 17.5 Å². The second-order valence-corrected chi connectivity index (χ2v) is 7.45. The largest absolute Gasteiger partial charge is 0.450 e. The van der Waals surface area contributed by atoms with Crippen LogP contribution in [0.4, 0.5) is 5.69 Å². The minimum absolute atomic E-state index is 0.0852. The van der Waals surface area contributed by atoms with Gasteiger partial charge in [0.05, 0.1) is 11.4 Å². The van der Waals surface area contributed by atoms with Crippen LogP contribution in [0.2, 0.25) is 0 Å². The highest BCUT2D eigenvalue weighted by atomic mass is 79.9. The van der Waals surface area contributed by atoms with Gasteiger partial charge in [-0.3, -0.25) is 9.59 Å². The lowest BCUT2D eigenvalue weighted by atomic mass is 10.1. The average Bonchev–Trinajstić information content (AvgIpc) is 3.26. The smallest absolute Gasteiger partial charge is 0.269 e. The molecule has 134 valence electrons. The third-order valence-corrected chi connectivity index (χ3v) is 5.36. The quantitative estimate of drug-likeness (QED) is 0.458. The van der Waals surface area contributed by atoms with Crippen molar-refractivity contribution >= 4 is 55.8 Å². The summed E-state index contributed by atoms with van der Waals surface area (Å²) in [7, 11) is 0. The molecule has 0 aliphatic rings. The molecule has 2 aromatic carbocycles. The van der Waals surface area contributed by atoms with Crippen LogP contribution in [0.15, 0.2) is 57.4 Å². The summed E-state index contributed by atoms with van der Waals surface area (Å²) in [6, 6.07) is 14.1. The average molecular weight is 442 g/mol. The van der Waals surface area contributed by atoms with Gasteiger partial charge in [-0.15, -0.1) is 5.10 Å². The number of hydrogen-bond acceptors (Lipinski definition) is 6. The monoisotopic (exact) mass is 441 g/mol. The van der Waals surface area contributed by atoms with Crippen LogP contribution in [-0.2, 0) is 0 Å². The fourth-order valence-electron chi connectivity index (χ4n) is 2.67. The zero-order valence-corrected chi connectivity index (χ0v) is 16.4. The molecule has 8 heteroatoms. The van der Waals surface area contributed by atoms with Gasteiger partial charge in [-0.25, -0.2) is 0 Å². The number of nitrogens with zero attached hydrogens (tertiary/aromatic N) is 2. The Hall–Kier alpha value is -2.84. The standard InChI is InChI=1S/C19H12BrN3O3S/c1-10-18(27-23-22-10)19(25)21-15-13-4-2-3-5-14(13)26-17(15)16(24)11-6-8-12(20)9-7-11/h2-9H,1H3,(H,21,25). The normalized spacial score (nSPS) is 10.9. The first kappa shape index (κ1) is 17.6. The van der Waals surface area contributed by atoms with Crippen molar-refractivity contribution in [1.29, 1.82) is 0 Å². The Morgan fingerprint density at radius 1 is 1.11 bits per heavy atom. The Balaban J connectivity index is 1.80. The maximum absolute atomic E-state index is 13.0. The van der Waals surface area contributed by atoms with Gasteiger partial charge in [0.2, 0.25) is 5.78 Å². The summed E-state index contributed by atoms with van der Waals surface area (Å²) in [5, 5.41) is 7.32. The second-order valence-electron chi connectivity index (χ2n) is 5.78. The van der Waals surface area contributed by atoms with Gasteiger partial charge in [0.25, 0.3) is 5.91 Å². The summed E-state index contributed by atoms with van der Waals surface area (Å²) in [4.78, 5) is 26.0. The lowest BCUT2D eigenvalue weighted by molar-refractivity contribution is 0.101. The molecule has 0 radical (unpaired) electrons. The van der Waals surface area contributed by atoms with E-state index in [9.17, 15) is 9.59 Å². The van der Waals surface area contributed by atoms with E-state index in [1.807, 2.05) is 12.1 Å². The van der Waals surface area contributed by atoms with Gasteiger partial charge < -0.3 is 9.73 Å². The molecule has 6 nitrogen and oxygen atoms in total. The van der Waals surface area contributed by atoms with Gasteiger partial charge in [0, 0.05) is 15.4 Å². The molecule has 0 aliphatic heterocycles. The van der Waals surface area contributed by atoms with E-state index < -0.39 is 0 Å². The maximum Gasteiger partial charge on any atom is 0.269 e. The van der Waals surface area contributed by atoms with Crippen molar-refractivity contribution in [3.05, 3.63) is 74.9 Å². The minimum Gasteiger partial charge on any atom is -0.450 e. The number of furan rings is 1. The number of anilines is 1. The van der Waals surface area contributed by atoms with Crippen molar-refractivity contribution < 1.29 is 14.0 Å². The number of carbonyl (C=O) groups excluding carboxylic acids is 2. The highest BCUT2D eigenvalue weighted by molar-refractivity contribution is 9.10. The molecule has 4 rings (SSSR count). The van der Waals surface area contributed by atoms with Crippen molar-refractivity contribution in [3.63, 3.8) is 0 Å². The molecule has 0 fully saturated rings. The number of fused-ring (bicyclic) bond motifs is 1. The number of amides is 1. The number of hydrogen-bond donors (Lipinski definition) is 1. The number of aromatic nitrogens is 2. The molecule has 0 unspecified atom stereocenters. The van der Waals surface area contributed by atoms with E-state index >= 15 is 0 Å². The van der Waals surface area contributed by atoms with Crippen molar-refractivity contribution in [2.75, 3.05) is 5.32 Å². The lowest BCUT2D eigenvalue weighted by Crippen LogP contribution is -2.14. The highest BCUT2D eigenvalue weighted by Gasteiger charge is 2.25.